The number of nitrogens with one attached hydrogen (secondary N) is 1. The van der Waals surface area contributed by atoms with E-state index in [1.54, 1.807) is 12.1 Å². The molecule has 5 heteroatoms. The van der Waals surface area contributed by atoms with E-state index in [0.29, 0.717) is 21.3 Å². The molecule has 1 aliphatic carbocycles. The van der Waals surface area contributed by atoms with Gasteiger partial charge in [0.1, 0.15) is 0 Å². The molecular weight excluding hydrogens is 259 g/mol. The Balaban J connectivity index is 2.19. The van der Waals surface area contributed by atoms with Gasteiger partial charge in [0.05, 0.1) is 15.7 Å². The molecule has 0 unspecified atom stereocenters. The lowest BCUT2D eigenvalue weighted by Gasteiger charge is -2.39. The van der Waals surface area contributed by atoms with Gasteiger partial charge in [-0.05, 0) is 38.3 Å². The molecule has 3 nitrogen and oxygen atoms in total. The normalized spacial score (nSPS) is 17.4. The van der Waals surface area contributed by atoms with Crippen LogP contribution in [-0.2, 0) is 0 Å². The van der Waals surface area contributed by atoms with Crippen LogP contribution in [0, 0.1) is 0 Å². The third-order valence-electron chi connectivity index (χ3n) is 3.21. The molecule has 2 rings (SSSR count). The van der Waals surface area contributed by atoms with Crippen molar-refractivity contribution < 1.29 is 4.79 Å². The Morgan fingerprint density at radius 2 is 1.88 bits per heavy atom. The topological polar surface area (TPSA) is 55.1 Å². The molecule has 0 aliphatic heterocycles. The van der Waals surface area contributed by atoms with E-state index in [1.807, 2.05) is 6.92 Å². The van der Waals surface area contributed by atoms with E-state index in [2.05, 4.69) is 5.32 Å². The van der Waals surface area contributed by atoms with Crippen molar-refractivity contribution in [2.45, 2.75) is 31.7 Å². The predicted octanol–water partition coefficient (Wildman–Crippen LogP) is 3.25. The van der Waals surface area contributed by atoms with Crippen molar-refractivity contribution in [2.75, 3.05) is 5.73 Å². The summed E-state index contributed by atoms with van der Waals surface area (Å²) in [4.78, 5) is 12.0. The first-order chi connectivity index (χ1) is 7.91. The molecule has 1 aliphatic rings. The van der Waals surface area contributed by atoms with Crippen molar-refractivity contribution in [3.8, 4) is 0 Å². The second-order valence-electron chi connectivity index (χ2n) is 4.72. The fraction of sp³-hybridized carbons (Fsp3) is 0.417. The summed E-state index contributed by atoms with van der Waals surface area (Å²) in [6.07, 6.45) is 3.17. The van der Waals surface area contributed by atoms with Gasteiger partial charge in [-0.1, -0.05) is 23.2 Å². The first-order valence-corrected chi connectivity index (χ1v) is 6.24. The van der Waals surface area contributed by atoms with Crippen LogP contribution in [0.4, 0.5) is 5.69 Å². The molecule has 0 atom stereocenters. The van der Waals surface area contributed by atoms with Gasteiger partial charge in [0.2, 0.25) is 0 Å². The van der Waals surface area contributed by atoms with Gasteiger partial charge >= 0.3 is 0 Å². The van der Waals surface area contributed by atoms with Crippen molar-refractivity contribution in [1.82, 2.24) is 5.32 Å². The van der Waals surface area contributed by atoms with E-state index in [4.69, 9.17) is 28.9 Å². The summed E-state index contributed by atoms with van der Waals surface area (Å²) >= 11 is 11.8. The third-order valence-corrected chi connectivity index (χ3v) is 3.84. The number of carbonyl (C=O) groups excluding carboxylic acids is 1. The van der Waals surface area contributed by atoms with Gasteiger partial charge < -0.3 is 11.1 Å². The Labute approximate surface area is 110 Å². The Hall–Kier alpha value is -0.930. The Morgan fingerprint density at radius 3 is 2.29 bits per heavy atom. The van der Waals surface area contributed by atoms with Gasteiger partial charge in [-0.2, -0.15) is 0 Å². The van der Waals surface area contributed by atoms with E-state index in [1.165, 1.54) is 0 Å². The molecule has 3 N–H and O–H groups in total. The highest BCUT2D eigenvalue weighted by atomic mass is 35.5. The fourth-order valence-electron chi connectivity index (χ4n) is 1.89. The number of halogens is 2. The minimum absolute atomic E-state index is 0.0859. The van der Waals surface area contributed by atoms with Crippen LogP contribution in [0.3, 0.4) is 0 Å². The van der Waals surface area contributed by atoms with Gasteiger partial charge in [0.15, 0.2) is 0 Å². The first-order valence-electron chi connectivity index (χ1n) is 5.48. The van der Waals surface area contributed by atoms with Crippen LogP contribution in [0.5, 0.6) is 0 Å². The van der Waals surface area contributed by atoms with Crippen LogP contribution in [-0.4, -0.2) is 11.4 Å². The molecule has 0 radical (unpaired) electrons. The summed E-state index contributed by atoms with van der Waals surface area (Å²) in [6.45, 7) is 2.04. The van der Waals surface area contributed by atoms with Gasteiger partial charge in [-0.25, -0.2) is 0 Å². The van der Waals surface area contributed by atoms with Crippen molar-refractivity contribution in [3.05, 3.63) is 27.7 Å². The second kappa shape index (κ2) is 4.39. The fourth-order valence-corrected chi connectivity index (χ4v) is 2.38. The summed E-state index contributed by atoms with van der Waals surface area (Å²) in [7, 11) is 0. The number of amides is 1. The number of hydrogen-bond acceptors (Lipinski definition) is 2. The molecule has 17 heavy (non-hydrogen) atoms. The summed E-state index contributed by atoms with van der Waals surface area (Å²) in [5.41, 5.74) is 6.29. The lowest BCUT2D eigenvalue weighted by atomic mass is 9.78. The van der Waals surface area contributed by atoms with Crippen molar-refractivity contribution in [2.24, 2.45) is 0 Å². The standard InChI is InChI=1S/C12H14Cl2N2O/c1-12(3-2-4-12)16-11(17)7-5-8(13)10(15)9(14)6-7/h5-6H,2-4,15H2,1H3,(H,16,17). The number of nitrogens with two attached hydrogens (primary N) is 1. The number of carbonyl (C=O) groups is 1. The highest BCUT2D eigenvalue weighted by molar-refractivity contribution is 6.39. The molecule has 1 aromatic rings. The smallest absolute Gasteiger partial charge is 0.251 e. The zero-order valence-corrected chi connectivity index (χ0v) is 11.0. The molecule has 0 bridgehead atoms. The number of hydrogen-bond donors (Lipinski definition) is 2. The Morgan fingerprint density at radius 1 is 1.35 bits per heavy atom. The summed E-state index contributed by atoms with van der Waals surface area (Å²) in [5.74, 6) is -0.156. The average molecular weight is 273 g/mol. The maximum Gasteiger partial charge on any atom is 0.251 e. The van der Waals surface area contributed by atoms with Crippen LogP contribution in [0.15, 0.2) is 12.1 Å². The monoisotopic (exact) mass is 272 g/mol. The Bertz CT molecular complexity index is 447. The summed E-state index contributed by atoms with van der Waals surface area (Å²) < 4.78 is 0. The van der Waals surface area contributed by atoms with E-state index >= 15 is 0 Å². The average Bonchev–Trinajstić information content (AvgIpc) is 2.22. The molecule has 0 saturated heterocycles. The van der Waals surface area contributed by atoms with Crippen LogP contribution in [0.25, 0.3) is 0 Å². The van der Waals surface area contributed by atoms with Gasteiger partial charge in [0.25, 0.3) is 5.91 Å². The maximum absolute atomic E-state index is 12.0. The lowest BCUT2D eigenvalue weighted by Crippen LogP contribution is -2.50. The molecule has 0 heterocycles. The number of anilines is 1. The van der Waals surface area contributed by atoms with Crippen LogP contribution >= 0.6 is 23.2 Å². The van der Waals surface area contributed by atoms with E-state index in [0.717, 1.165) is 19.3 Å². The highest BCUT2D eigenvalue weighted by Crippen LogP contribution is 2.32. The van der Waals surface area contributed by atoms with Crippen molar-refractivity contribution >= 4 is 34.8 Å². The molecule has 0 spiro atoms. The molecule has 0 aromatic heterocycles. The van der Waals surface area contributed by atoms with E-state index in [-0.39, 0.29) is 11.4 Å². The first kappa shape index (κ1) is 12.5. The van der Waals surface area contributed by atoms with E-state index < -0.39 is 0 Å². The minimum Gasteiger partial charge on any atom is -0.396 e. The molecule has 1 amide bonds. The number of rotatable bonds is 2. The molecule has 92 valence electrons. The van der Waals surface area contributed by atoms with Gasteiger partial charge in [-0.3, -0.25) is 4.79 Å². The van der Waals surface area contributed by atoms with Crippen molar-refractivity contribution in [1.29, 1.82) is 0 Å². The minimum atomic E-state index is -0.156. The second-order valence-corrected chi connectivity index (χ2v) is 5.54. The number of nitrogen functional groups attached to an aromatic ring is 1. The largest absolute Gasteiger partial charge is 0.396 e. The zero-order chi connectivity index (χ0) is 12.6. The Kier molecular flexibility index (Phi) is 3.23. The SMILES string of the molecule is CC1(NC(=O)c2cc(Cl)c(N)c(Cl)c2)CCC1. The number of benzene rings is 1. The van der Waals surface area contributed by atoms with Crippen molar-refractivity contribution in [3.63, 3.8) is 0 Å². The lowest BCUT2D eigenvalue weighted by molar-refractivity contribution is 0.0850. The predicted molar refractivity (Wildman–Crippen MR) is 70.6 cm³/mol. The zero-order valence-electron chi connectivity index (χ0n) is 9.52. The highest BCUT2D eigenvalue weighted by Gasteiger charge is 2.33. The molecular formula is C12H14Cl2N2O. The van der Waals surface area contributed by atoms with Crippen LogP contribution < -0.4 is 11.1 Å². The van der Waals surface area contributed by atoms with Gasteiger partial charge in [-0.15, -0.1) is 0 Å². The summed E-state index contributed by atoms with van der Waals surface area (Å²) in [6, 6.07) is 3.08. The van der Waals surface area contributed by atoms with Crippen LogP contribution in [0.2, 0.25) is 10.0 Å². The van der Waals surface area contributed by atoms with E-state index in [9.17, 15) is 4.79 Å². The molecule has 1 fully saturated rings. The third kappa shape index (κ3) is 2.50. The van der Waals surface area contributed by atoms with Gasteiger partial charge in [0, 0.05) is 11.1 Å². The van der Waals surface area contributed by atoms with Crippen LogP contribution in [0.1, 0.15) is 36.5 Å². The summed E-state index contributed by atoms with van der Waals surface area (Å²) in [5, 5.41) is 3.60. The molecule has 1 saturated carbocycles. The maximum atomic E-state index is 12.0. The quantitative estimate of drug-likeness (QED) is 0.813. The molecule has 1 aromatic carbocycles.